The van der Waals surface area contributed by atoms with Crippen molar-refractivity contribution in [3.05, 3.63) is 48.2 Å². The van der Waals surface area contributed by atoms with Gasteiger partial charge in [-0.05, 0) is 45.2 Å². The molecule has 2 aromatic rings. The van der Waals surface area contributed by atoms with Gasteiger partial charge in [-0.15, -0.1) is 0 Å². The second-order valence-corrected chi connectivity index (χ2v) is 6.95. The van der Waals surface area contributed by atoms with Crippen molar-refractivity contribution >= 4 is 11.9 Å². The van der Waals surface area contributed by atoms with Gasteiger partial charge in [-0.25, -0.2) is 4.79 Å². The maximum atomic E-state index is 12.5. The standard InChI is InChI=1S/C19H28N4O2/c1-19(2,3)25-18(24)23(15-11-16-8-5-4-6-9-16)14-7-12-20-17-10-13-21-22-17/h4-6,8-10,13H,7,11-12,14-15H2,1-3H3,(H2,20,21,22). The summed E-state index contributed by atoms with van der Waals surface area (Å²) in [6.07, 6.45) is 3.08. The minimum atomic E-state index is -0.490. The number of aromatic nitrogens is 2. The molecule has 6 heteroatoms. The van der Waals surface area contributed by atoms with Crippen molar-refractivity contribution in [1.82, 2.24) is 15.1 Å². The van der Waals surface area contributed by atoms with Crippen molar-refractivity contribution in [2.75, 3.05) is 25.0 Å². The highest BCUT2D eigenvalue weighted by Crippen LogP contribution is 2.11. The van der Waals surface area contributed by atoms with Gasteiger partial charge >= 0.3 is 6.09 Å². The Balaban J connectivity index is 1.85. The number of benzene rings is 1. The number of aromatic amines is 1. The molecule has 0 aliphatic rings. The highest BCUT2D eigenvalue weighted by Gasteiger charge is 2.21. The molecule has 0 saturated carbocycles. The lowest BCUT2D eigenvalue weighted by atomic mass is 10.1. The summed E-state index contributed by atoms with van der Waals surface area (Å²) in [4.78, 5) is 14.3. The summed E-state index contributed by atoms with van der Waals surface area (Å²) >= 11 is 0. The average molecular weight is 344 g/mol. The Hall–Kier alpha value is -2.50. The molecule has 0 bridgehead atoms. The molecule has 6 nitrogen and oxygen atoms in total. The number of rotatable bonds is 8. The number of amides is 1. The highest BCUT2D eigenvalue weighted by atomic mass is 16.6. The van der Waals surface area contributed by atoms with Gasteiger partial charge in [0.25, 0.3) is 0 Å². The first-order valence-electron chi connectivity index (χ1n) is 8.69. The average Bonchev–Trinajstić information content (AvgIpc) is 3.06. The van der Waals surface area contributed by atoms with Crippen molar-refractivity contribution in [1.29, 1.82) is 0 Å². The Labute approximate surface area is 149 Å². The summed E-state index contributed by atoms with van der Waals surface area (Å²) in [6.45, 7) is 7.71. The highest BCUT2D eigenvalue weighted by molar-refractivity contribution is 5.68. The SMILES string of the molecule is CC(C)(C)OC(=O)N(CCCNc1ccn[nH]1)CCc1ccccc1. The molecule has 1 aromatic carbocycles. The van der Waals surface area contributed by atoms with Crippen molar-refractivity contribution in [3.63, 3.8) is 0 Å². The largest absolute Gasteiger partial charge is 0.444 e. The first-order chi connectivity index (χ1) is 11.9. The van der Waals surface area contributed by atoms with E-state index >= 15 is 0 Å². The van der Waals surface area contributed by atoms with Crippen LogP contribution in [-0.4, -0.2) is 46.4 Å². The topological polar surface area (TPSA) is 70.2 Å². The van der Waals surface area contributed by atoms with E-state index in [4.69, 9.17) is 4.74 Å². The molecule has 1 aromatic heterocycles. The van der Waals surface area contributed by atoms with Gasteiger partial charge in [0.05, 0.1) is 6.20 Å². The molecule has 1 heterocycles. The molecule has 2 rings (SSSR count). The first kappa shape index (κ1) is 18.8. The van der Waals surface area contributed by atoms with E-state index in [2.05, 4.69) is 27.6 Å². The lowest BCUT2D eigenvalue weighted by Gasteiger charge is -2.27. The molecule has 0 atom stereocenters. The van der Waals surface area contributed by atoms with Crippen LogP contribution in [0.4, 0.5) is 10.6 Å². The van der Waals surface area contributed by atoms with E-state index in [0.717, 1.165) is 25.2 Å². The van der Waals surface area contributed by atoms with Crippen molar-refractivity contribution in [2.24, 2.45) is 0 Å². The third-order valence-electron chi connectivity index (χ3n) is 3.59. The van der Waals surface area contributed by atoms with Gasteiger partial charge in [0.1, 0.15) is 11.4 Å². The normalized spacial score (nSPS) is 11.2. The van der Waals surface area contributed by atoms with Crippen molar-refractivity contribution < 1.29 is 9.53 Å². The molecule has 2 N–H and O–H groups in total. The zero-order chi connectivity index (χ0) is 18.1. The fourth-order valence-corrected chi connectivity index (χ4v) is 2.38. The minimum Gasteiger partial charge on any atom is -0.444 e. The molecule has 0 spiro atoms. The van der Waals surface area contributed by atoms with E-state index in [1.54, 1.807) is 11.1 Å². The number of ether oxygens (including phenoxy) is 1. The number of nitrogens with one attached hydrogen (secondary N) is 2. The van der Waals surface area contributed by atoms with Crippen molar-refractivity contribution in [3.8, 4) is 0 Å². The Morgan fingerprint density at radius 3 is 2.60 bits per heavy atom. The van der Waals surface area contributed by atoms with E-state index in [0.29, 0.717) is 13.1 Å². The Bertz CT molecular complexity index is 621. The maximum Gasteiger partial charge on any atom is 0.410 e. The van der Waals surface area contributed by atoms with Crippen LogP contribution in [-0.2, 0) is 11.2 Å². The van der Waals surface area contributed by atoms with Crippen LogP contribution in [0.15, 0.2) is 42.6 Å². The fraction of sp³-hybridized carbons (Fsp3) is 0.474. The number of carbonyl (C=O) groups is 1. The van der Waals surface area contributed by atoms with Gasteiger partial charge in [-0.3, -0.25) is 5.10 Å². The number of hydrogen-bond donors (Lipinski definition) is 2. The molecule has 0 aliphatic heterocycles. The van der Waals surface area contributed by atoms with Crippen LogP contribution in [0.2, 0.25) is 0 Å². The second-order valence-electron chi connectivity index (χ2n) is 6.95. The number of anilines is 1. The quantitative estimate of drug-likeness (QED) is 0.717. The molecule has 136 valence electrons. The molecule has 1 amide bonds. The van der Waals surface area contributed by atoms with E-state index in [1.807, 2.05) is 45.0 Å². The summed E-state index contributed by atoms with van der Waals surface area (Å²) in [6, 6.07) is 12.1. The van der Waals surface area contributed by atoms with Crippen LogP contribution in [0.5, 0.6) is 0 Å². The summed E-state index contributed by atoms with van der Waals surface area (Å²) in [5.74, 6) is 0.883. The Kier molecular flexibility index (Phi) is 6.86. The third-order valence-corrected chi connectivity index (χ3v) is 3.59. The predicted molar refractivity (Wildman–Crippen MR) is 99.6 cm³/mol. The van der Waals surface area contributed by atoms with Gasteiger partial charge in [0, 0.05) is 19.6 Å². The van der Waals surface area contributed by atoms with E-state index in [1.165, 1.54) is 5.56 Å². The van der Waals surface area contributed by atoms with Gasteiger partial charge in [-0.2, -0.15) is 5.10 Å². The maximum absolute atomic E-state index is 12.5. The number of hydrogen-bond acceptors (Lipinski definition) is 4. The lowest BCUT2D eigenvalue weighted by molar-refractivity contribution is 0.0251. The van der Waals surface area contributed by atoms with Crippen LogP contribution in [0, 0.1) is 0 Å². The second kappa shape index (κ2) is 9.11. The number of nitrogens with zero attached hydrogens (tertiary/aromatic N) is 2. The van der Waals surface area contributed by atoms with Crippen LogP contribution < -0.4 is 5.32 Å². The molecule has 0 saturated heterocycles. The Morgan fingerprint density at radius 2 is 1.96 bits per heavy atom. The molecule has 25 heavy (non-hydrogen) atoms. The van der Waals surface area contributed by atoms with E-state index < -0.39 is 5.60 Å². The molecular formula is C19H28N4O2. The first-order valence-corrected chi connectivity index (χ1v) is 8.69. The van der Waals surface area contributed by atoms with Gasteiger partial charge in [0.15, 0.2) is 0 Å². The monoisotopic (exact) mass is 344 g/mol. The molecular weight excluding hydrogens is 316 g/mol. The zero-order valence-electron chi connectivity index (χ0n) is 15.3. The van der Waals surface area contributed by atoms with Gasteiger partial charge in [-0.1, -0.05) is 30.3 Å². The predicted octanol–water partition coefficient (Wildman–Crippen LogP) is 3.69. The lowest BCUT2D eigenvalue weighted by Crippen LogP contribution is -2.39. The van der Waals surface area contributed by atoms with Crippen molar-refractivity contribution in [2.45, 2.75) is 39.2 Å². The fourth-order valence-electron chi connectivity index (χ4n) is 2.38. The van der Waals surface area contributed by atoms with E-state index in [-0.39, 0.29) is 6.09 Å². The van der Waals surface area contributed by atoms with Crippen LogP contribution in [0.25, 0.3) is 0 Å². The number of carbonyl (C=O) groups excluding carboxylic acids is 1. The third kappa shape index (κ3) is 7.28. The molecule has 0 unspecified atom stereocenters. The Morgan fingerprint density at radius 1 is 1.20 bits per heavy atom. The zero-order valence-corrected chi connectivity index (χ0v) is 15.3. The minimum absolute atomic E-state index is 0.259. The van der Waals surface area contributed by atoms with Gasteiger partial charge < -0.3 is 15.0 Å². The molecule has 0 fully saturated rings. The molecule has 0 aliphatic carbocycles. The van der Waals surface area contributed by atoms with Crippen LogP contribution >= 0.6 is 0 Å². The summed E-state index contributed by atoms with van der Waals surface area (Å²) in [5.41, 5.74) is 0.725. The summed E-state index contributed by atoms with van der Waals surface area (Å²) in [5, 5.41) is 10.00. The number of H-pyrrole nitrogens is 1. The van der Waals surface area contributed by atoms with E-state index in [9.17, 15) is 4.79 Å². The van der Waals surface area contributed by atoms with Crippen LogP contribution in [0.3, 0.4) is 0 Å². The van der Waals surface area contributed by atoms with Crippen LogP contribution in [0.1, 0.15) is 32.8 Å². The summed E-state index contributed by atoms with van der Waals surface area (Å²) < 4.78 is 5.54. The summed E-state index contributed by atoms with van der Waals surface area (Å²) in [7, 11) is 0. The smallest absolute Gasteiger partial charge is 0.410 e. The van der Waals surface area contributed by atoms with Gasteiger partial charge in [0.2, 0.25) is 0 Å². The molecule has 0 radical (unpaired) electrons.